The van der Waals surface area contributed by atoms with E-state index < -0.39 is 41.1 Å². The molecular formula is C24H35N5O5. The number of allylic oxidation sites excluding steroid dienone is 1. The molecule has 34 heavy (non-hydrogen) atoms. The van der Waals surface area contributed by atoms with Gasteiger partial charge in [-0.05, 0) is 59.3 Å². The highest BCUT2D eigenvalue weighted by Crippen LogP contribution is 2.45. The molecule has 0 radical (unpaired) electrons. The van der Waals surface area contributed by atoms with Gasteiger partial charge in [0.25, 0.3) is 5.91 Å². The van der Waals surface area contributed by atoms with Crippen molar-refractivity contribution >= 4 is 23.8 Å². The topological polar surface area (TPSA) is 141 Å². The van der Waals surface area contributed by atoms with Crippen LogP contribution in [0.25, 0.3) is 0 Å². The first-order valence-corrected chi connectivity index (χ1v) is 12.1. The lowest BCUT2D eigenvalue weighted by Crippen LogP contribution is -2.57. The second-order valence-electron chi connectivity index (χ2n) is 10.3. The van der Waals surface area contributed by atoms with E-state index in [0.717, 1.165) is 25.7 Å². The number of fused-ring (bicyclic) bond motifs is 2. The maximum absolute atomic E-state index is 13.5. The molecule has 0 aromatic carbocycles. The second kappa shape index (κ2) is 10.5. The van der Waals surface area contributed by atoms with E-state index in [-0.39, 0.29) is 11.8 Å². The molecule has 1 saturated carbocycles. The van der Waals surface area contributed by atoms with E-state index in [1.165, 1.54) is 4.90 Å². The van der Waals surface area contributed by atoms with Crippen molar-refractivity contribution in [2.75, 3.05) is 6.54 Å². The summed E-state index contributed by atoms with van der Waals surface area (Å²) in [5, 5.41) is 16.6. The summed E-state index contributed by atoms with van der Waals surface area (Å²) in [7, 11) is 0. The zero-order valence-electron chi connectivity index (χ0n) is 20.2. The molecule has 4 amide bonds. The van der Waals surface area contributed by atoms with Gasteiger partial charge < -0.3 is 20.3 Å². The van der Waals surface area contributed by atoms with Gasteiger partial charge in [-0.15, -0.1) is 0 Å². The number of ether oxygens (including phenoxy) is 1. The first kappa shape index (κ1) is 25.5. The predicted octanol–water partition coefficient (Wildman–Crippen LogP) is 1.86. The Morgan fingerprint density at radius 3 is 2.68 bits per heavy atom. The minimum absolute atomic E-state index is 0.193. The summed E-state index contributed by atoms with van der Waals surface area (Å²) < 4.78 is 5.35. The van der Waals surface area contributed by atoms with Gasteiger partial charge >= 0.3 is 6.09 Å². The van der Waals surface area contributed by atoms with Crippen molar-refractivity contribution in [2.24, 2.45) is 5.92 Å². The average molecular weight is 474 g/mol. The molecule has 0 aromatic heterocycles. The maximum atomic E-state index is 13.5. The van der Waals surface area contributed by atoms with Crippen LogP contribution in [-0.2, 0) is 19.1 Å². The first-order valence-electron chi connectivity index (χ1n) is 12.1. The van der Waals surface area contributed by atoms with Crippen LogP contribution < -0.4 is 16.0 Å². The molecular weight excluding hydrogens is 438 g/mol. The van der Waals surface area contributed by atoms with Gasteiger partial charge in [0.05, 0.1) is 0 Å². The van der Waals surface area contributed by atoms with E-state index in [4.69, 9.17) is 10.00 Å². The Bertz CT molecular complexity index is 889. The molecule has 4 atom stereocenters. The summed E-state index contributed by atoms with van der Waals surface area (Å²) in [5.41, 5.74) is -1.87. The minimum Gasteiger partial charge on any atom is -0.444 e. The third kappa shape index (κ3) is 6.07. The molecule has 10 heteroatoms. The molecule has 10 nitrogen and oxygen atoms in total. The Labute approximate surface area is 200 Å². The molecule has 0 unspecified atom stereocenters. The molecule has 1 aliphatic carbocycles. The number of carbonyl (C=O) groups is 4. The molecule has 3 rings (SSSR count). The number of carbonyl (C=O) groups excluding carboxylic acids is 4. The fourth-order valence-corrected chi connectivity index (χ4v) is 4.71. The van der Waals surface area contributed by atoms with E-state index in [1.807, 2.05) is 12.2 Å². The Balaban J connectivity index is 1.81. The average Bonchev–Trinajstić information content (AvgIpc) is 3.21. The van der Waals surface area contributed by atoms with Crippen LogP contribution >= 0.6 is 0 Å². The lowest BCUT2D eigenvalue weighted by molar-refractivity contribution is -0.141. The summed E-state index contributed by atoms with van der Waals surface area (Å²) >= 11 is 0. The predicted molar refractivity (Wildman–Crippen MR) is 123 cm³/mol. The maximum Gasteiger partial charge on any atom is 0.408 e. The van der Waals surface area contributed by atoms with Crippen molar-refractivity contribution in [1.29, 1.82) is 5.26 Å². The number of nitriles is 1. The highest BCUT2D eigenvalue weighted by Gasteiger charge is 2.60. The van der Waals surface area contributed by atoms with E-state index in [0.29, 0.717) is 32.2 Å². The van der Waals surface area contributed by atoms with Gasteiger partial charge in [0, 0.05) is 12.5 Å². The zero-order chi connectivity index (χ0) is 24.9. The van der Waals surface area contributed by atoms with Gasteiger partial charge in [-0.3, -0.25) is 19.7 Å². The summed E-state index contributed by atoms with van der Waals surface area (Å²) in [6.07, 6.45) is 10.2. The van der Waals surface area contributed by atoms with Crippen molar-refractivity contribution in [3.8, 4) is 6.19 Å². The van der Waals surface area contributed by atoms with Crippen LogP contribution in [0.5, 0.6) is 0 Å². The fraction of sp³-hybridized carbons (Fsp3) is 0.708. The normalized spacial score (nSPS) is 30.9. The second-order valence-corrected chi connectivity index (χ2v) is 10.3. The van der Waals surface area contributed by atoms with Crippen molar-refractivity contribution in [3.63, 3.8) is 0 Å². The SMILES string of the molecule is CC(C)(C)OC(=O)N[C@H]1CCCCC/C=C\[C@@H]2C[C@@]2(C(=O)NC#N)NC(=O)[C@@H]2CCCN2C1=O. The first-order chi connectivity index (χ1) is 16.1. The molecule has 1 saturated heterocycles. The number of nitrogens with one attached hydrogen (secondary N) is 3. The number of alkyl carbamates (subject to hydrolysis) is 1. The molecule has 2 aliphatic heterocycles. The quantitative estimate of drug-likeness (QED) is 0.318. The molecule has 3 N–H and O–H groups in total. The fourth-order valence-electron chi connectivity index (χ4n) is 4.71. The number of nitrogens with zero attached hydrogens (tertiary/aromatic N) is 2. The van der Waals surface area contributed by atoms with Crippen LogP contribution in [0.1, 0.15) is 72.1 Å². The van der Waals surface area contributed by atoms with Crippen LogP contribution in [0, 0.1) is 17.4 Å². The number of amides is 4. The highest BCUT2D eigenvalue weighted by atomic mass is 16.6. The summed E-state index contributed by atoms with van der Waals surface area (Å²) in [6.45, 7) is 5.65. The Morgan fingerprint density at radius 2 is 1.97 bits per heavy atom. The zero-order valence-corrected chi connectivity index (χ0v) is 20.2. The largest absolute Gasteiger partial charge is 0.444 e. The third-order valence-electron chi connectivity index (χ3n) is 6.50. The minimum atomic E-state index is -1.17. The van der Waals surface area contributed by atoms with Crippen molar-refractivity contribution in [2.45, 2.75) is 95.4 Å². The summed E-state index contributed by atoms with van der Waals surface area (Å²) in [4.78, 5) is 53.2. The number of hydrogen-bond acceptors (Lipinski definition) is 6. The van der Waals surface area contributed by atoms with Gasteiger partial charge in [-0.2, -0.15) is 5.26 Å². The van der Waals surface area contributed by atoms with Crippen LogP contribution in [-0.4, -0.2) is 58.5 Å². The number of rotatable bonds is 2. The monoisotopic (exact) mass is 473 g/mol. The lowest BCUT2D eigenvalue weighted by Gasteiger charge is -2.30. The Morgan fingerprint density at radius 1 is 1.21 bits per heavy atom. The van der Waals surface area contributed by atoms with Gasteiger partial charge in [0.2, 0.25) is 11.8 Å². The Kier molecular flexibility index (Phi) is 7.85. The van der Waals surface area contributed by atoms with E-state index in [9.17, 15) is 19.2 Å². The summed E-state index contributed by atoms with van der Waals surface area (Å²) in [5.74, 6) is -1.47. The summed E-state index contributed by atoms with van der Waals surface area (Å²) in [6, 6.07) is -1.54. The lowest BCUT2D eigenvalue weighted by atomic mass is 10.0. The number of hydrogen-bond donors (Lipinski definition) is 3. The van der Waals surface area contributed by atoms with E-state index >= 15 is 0 Å². The van der Waals surface area contributed by atoms with Crippen LogP contribution in [0.15, 0.2) is 12.2 Å². The molecule has 0 aromatic rings. The molecule has 2 heterocycles. The van der Waals surface area contributed by atoms with E-state index in [1.54, 1.807) is 27.0 Å². The standard InChI is InChI=1S/C24H35N5O5/c1-23(2,3)34-22(33)27-17-11-8-6-4-5-7-10-16-14-24(16,21(32)26-15-25)28-19(30)18-12-9-13-29(18)20(17)31/h7,10,16-18H,4-6,8-9,11-14H2,1-3H3,(H,26,32)(H,27,33)(H,28,30)/b10-7-/t16-,17+,18+,24-/m1/s1. The molecule has 186 valence electrons. The molecule has 2 fully saturated rings. The van der Waals surface area contributed by atoms with Gasteiger partial charge in [-0.25, -0.2) is 4.79 Å². The molecule has 3 aliphatic rings. The van der Waals surface area contributed by atoms with Crippen molar-refractivity contribution in [3.05, 3.63) is 12.2 Å². The van der Waals surface area contributed by atoms with Crippen LogP contribution in [0.4, 0.5) is 4.79 Å². The van der Waals surface area contributed by atoms with Crippen molar-refractivity contribution in [1.82, 2.24) is 20.9 Å². The van der Waals surface area contributed by atoms with Gasteiger partial charge in [0.1, 0.15) is 23.2 Å². The van der Waals surface area contributed by atoms with Crippen LogP contribution in [0.3, 0.4) is 0 Å². The molecule has 0 spiro atoms. The van der Waals surface area contributed by atoms with Crippen LogP contribution in [0.2, 0.25) is 0 Å². The molecule has 0 bridgehead atoms. The van der Waals surface area contributed by atoms with E-state index in [2.05, 4.69) is 16.0 Å². The van der Waals surface area contributed by atoms with Crippen molar-refractivity contribution < 1.29 is 23.9 Å². The third-order valence-corrected chi connectivity index (χ3v) is 6.50. The van der Waals surface area contributed by atoms with Gasteiger partial charge in [-0.1, -0.05) is 25.0 Å². The van der Waals surface area contributed by atoms with Gasteiger partial charge in [0.15, 0.2) is 6.19 Å². The Hall–Kier alpha value is -3.09. The smallest absolute Gasteiger partial charge is 0.408 e. The highest BCUT2D eigenvalue weighted by molar-refractivity contribution is 5.98.